The van der Waals surface area contributed by atoms with Gasteiger partial charge in [0.05, 0.1) is 83.1 Å². The molecular formula is C36H43N3O9S. The van der Waals surface area contributed by atoms with Gasteiger partial charge in [-0.3, -0.25) is 9.17 Å². The van der Waals surface area contributed by atoms with Crippen LogP contribution in [-0.2, 0) is 45.0 Å². The SMILES string of the molecule is Cc1ccc(S(=O)(=O)OCCOCCOCCOCCOCCOCCOc2ccc(-c3ccc4c5cnccc5n(C)c4c3)cn2)cc1. The van der Waals surface area contributed by atoms with Crippen molar-refractivity contribution in [2.45, 2.75) is 11.8 Å². The Kier molecular flexibility index (Phi) is 13.9. The minimum atomic E-state index is -3.78. The molecule has 0 bridgehead atoms. The summed E-state index contributed by atoms with van der Waals surface area (Å²) in [5.41, 5.74) is 5.38. The van der Waals surface area contributed by atoms with Crippen LogP contribution in [0.5, 0.6) is 5.88 Å². The number of benzene rings is 2. The van der Waals surface area contributed by atoms with Crippen LogP contribution in [0.15, 0.2) is 84.1 Å². The Morgan fingerprint density at radius 3 is 1.82 bits per heavy atom. The number of fused-ring (bicyclic) bond motifs is 3. The van der Waals surface area contributed by atoms with Crippen molar-refractivity contribution in [3.63, 3.8) is 0 Å². The average Bonchev–Trinajstić information content (AvgIpc) is 3.40. The largest absolute Gasteiger partial charge is 0.475 e. The molecule has 3 aromatic heterocycles. The predicted molar refractivity (Wildman–Crippen MR) is 185 cm³/mol. The summed E-state index contributed by atoms with van der Waals surface area (Å²) in [6, 6.07) is 18.8. The van der Waals surface area contributed by atoms with Crippen LogP contribution >= 0.6 is 0 Å². The van der Waals surface area contributed by atoms with Crippen LogP contribution in [0.25, 0.3) is 32.9 Å². The van der Waals surface area contributed by atoms with E-state index < -0.39 is 10.1 Å². The second kappa shape index (κ2) is 18.7. The summed E-state index contributed by atoms with van der Waals surface area (Å²) in [5.74, 6) is 0.547. The topological polar surface area (TPSA) is 129 Å². The molecule has 0 unspecified atom stereocenters. The molecule has 13 heteroatoms. The quantitative estimate of drug-likeness (QED) is 0.0720. The number of nitrogens with zero attached hydrogens (tertiary/aromatic N) is 3. The molecule has 0 aliphatic carbocycles. The fourth-order valence-electron chi connectivity index (χ4n) is 5.03. The number of pyridine rings is 2. The molecular weight excluding hydrogens is 650 g/mol. The van der Waals surface area contributed by atoms with Gasteiger partial charge in [0, 0.05) is 53.6 Å². The van der Waals surface area contributed by atoms with Crippen molar-refractivity contribution in [3.05, 3.63) is 84.8 Å². The summed E-state index contributed by atoms with van der Waals surface area (Å²) in [5, 5.41) is 2.33. The minimum absolute atomic E-state index is 0.0605. The molecule has 2 aromatic carbocycles. The van der Waals surface area contributed by atoms with Gasteiger partial charge in [0.1, 0.15) is 6.61 Å². The molecule has 5 rings (SSSR count). The average molecular weight is 694 g/mol. The zero-order valence-corrected chi connectivity index (χ0v) is 28.7. The van der Waals surface area contributed by atoms with E-state index in [2.05, 4.69) is 39.8 Å². The van der Waals surface area contributed by atoms with Crippen LogP contribution in [0.1, 0.15) is 5.56 Å². The molecule has 0 saturated carbocycles. The van der Waals surface area contributed by atoms with E-state index in [0.717, 1.165) is 33.1 Å². The van der Waals surface area contributed by atoms with E-state index in [1.165, 1.54) is 17.5 Å². The van der Waals surface area contributed by atoms with E-state index in [4.69, 9.17) is 32.6 Å². The van der Waals surface area contributed by atoms with Gasteiger partial charge in [-0.25, -0.2) is 4.98 Å². The standard InChI is InChI=1S/C36H43N3O9S/c1-28-3-7-31(8-4-28)49(40,41)48-24-22-46-20-18-44-16-14-42-13-15-43-17-19-45-21-23-47-36-10-6-30(26-38-36)29-5-9-32-33-27-37-12-11-34(33)39(2)35(32)25-29/h3-12,25-27H,13-24H2,1-2H3. The van der Waals surface area contributed by atoms with E-state index in [1.54, 1.807) is 12.1 Å². The number of hydrogen-bond acceptors (Lipinski definition) is 11. The predicted octanol–water partition coefficient (Wildman–Crippen LogP) is 4.96. The molecule has 262 valence electrons. The number of rotatable bonds is 22. The van der Waals surface area contributed by atoms with Crippen LogP contribution in [0, 0.1) is 6.92 Å². The number of hydrogen-bond donors (Lipinski definition) is 0. The van der Waals surface area contributed by atoms with Crippen molar-refractivity contribution >= 4 is 31.9 Å². The summed E-state index contributed by atoms with van der Waals surface area (Å²) < 4.78 is 64.5. The van der Waals surface area contributed by atoms with Crippen LogP contribution in [0.3, 0.4) is 0 Å². The maximum Gasteiger partial charge on any atom is 0.297 e. The third-order valence-corrected chi connectivity index (χ3v) is 8.95. The molecule has 0 aliphatic heterocycles. The van der Waals surface area contributed by atoms with Crippen LogP contribution in [0.2, 0.25) is 0 Å². The second-order valence-corrected chi connectivity index (χ2v) is 12.7. The van der Waals surface area contributed by atoms with E-state index in [0.29, 0.717) is 71.9 Å². The van der Waals surface area contributed by atoms with Crippen molar-refractivity contribution in [1.82, 2.24) is 14.5 Å². The molecule has 12 nitrogen and oxygen atoms in total. The van der Waals surface area contributed by atoms with Gasteiger partial charge >= 0.3 is 0 Å². The maximum absolute atomic E-state index is 12.1. The molecule has 0 atom stereocenters. The lowest BCUT2D eigenvalue weighted by molar-refractivity contribution is -0.0141. The van der Waals surface area contributed by atoms with Crippen LogP contribution in [-0.4, -0.2) is 102 Å². The normalized spacial score (nSPS) is 11.9. The van der Waals surface area contributed by atoms with E-state index >= 15 is 0 Å². The first kappa shape index (κ1) is 36.3. The summed E-state index contributed by atoms with van der Waals surface area (Å²) in [6.45, 7) is 6.15. The third-order valence-electron chi connectivity index (χ3n) is 7.62. The lowest BCUT2D eigenvalue weighted by atomic mass is 10.1. The van der Waals surface area contributed by atoms with Crippen LogP contribution < -0.4 is 4.74 Å². The van der Waals surface area contributed by atoms with Crippen molar-refractivity contribution in [2.24, 2.45) is 7.05 Å². The first-order valence-electron chi connectivity index (χ1n) is 16.2. The molecule has 49 heavy (non-hydrogen) atoms. The third kappa shape index (κ3) is 10.8. The summed E-state index contributed by atoms with van der Waals surface area (Å²) >= 11 is 0. The number of ether oxygens (including phenoxy) is 6. The zero-order chi connectivity index (χ0) is 34.3. The summed E-state index contributed by atoms with van der Waals surface area (Å²) in [7, 11) is -1.71. The van der Waals surface area contributed by atoms with Crippen LogP contribution in [0.4, 0.5) is 0 Å². The Labute approximate surface area is 287 Å². The molecule has 0 N–H and O–H groups in total. The zero-order valence-electron chi connectivity index (χ0n) is 27.9. The minimum Gasteiger partial charge on any atom is -0.475 e. The van der Waals surface area contributed by atoms with Gasteiger partial charge in [-0.1, -0.05) is 29.8 Å². The first-order chi connectivity index (χ1) is 23.9. The molecule has 0 fully saturated rings. The molecule has 0 amide bonds. The Morgan fingerprint density at radius 1 is 0.612 bits per heavy atom. The van der Waals surface area contributed by atoms with E-state index in [-0.39, 0.29) is 18.1 Å². The lowest BCUT2D eigenvalue weighted by Crippen LogP contribution is -2.15. The highest BCUT2D eigenvalue weighted by molar-refractivity contribution is 7.86. The molecule has 0 saturated heterocycles. The Bertz CT molecular complexity index is 1850. The van der Waals surface area contributed by atoms with Crippen molar-refractivity contribution < 1.29 is 41.0 Å². The fourth-order valence-corrected chi connectivity index (χ4v) is 5.93. The smallest absolute Gasteiger partial charge is 0.297 e. The molecule has 0 spiro atoms. The highest BCUT2D eigenvalue weighted by atomic mass is 32.2. The molecule has 3 heterocycles. The molecule has 0 radical (unpaired) electrons. The van der Waals surface area contributed by atoms with Gasteiger partial charge in [0.15, 0.2) is 0 Å². The Balaban J connectivity index is 0.820. The molecule has 5 aromatic rings. The van der Waals surface area contributed by atoms with Gasteiger partial charge in [-0.2, -0.15) is 8.42 Å². The maximum atomic E-state index is 12.1. The Hall–Kier alpha value is -3.95. The summed E-state index contributed by atoms with van der Waals surface area (Å²) in [6.07, 6.45) is 5.55. The molecule has 0 aliphatic rings. The monoisotopic (exact) mass is 693 g/mol. The van der Waals surface area contributed by atoms with Crippen molar-refractivity contribution in [3.8, 4) is 17.0 Å². The Morgan fingerprint density at radius 2 is 1.20 bits per heavy atom. The number of aromatic nitrogens is 3. The van der Waals surface area contributed by atoms with Crippen molar-refractivity contribution in [1.29, 1.82) is 0 Å². The number of aryl methyl sites for hydroxylation is 2. The van der Waals surface area contributed by atoms with Gasteiger partial charge < -0.3 is 33.0 Å². The van der Waals surface area contributed by atoms with E-state index in [9.17, 15) is 8.42 Å². The highest BCUT2D eigenvalue weighted by Gasteiger charge is 2.14. The fraction of sp³-hybridized carbons (Fsp3) is 0.389. The van der Waals surface area contributed by atoms with Gasteiger partial charge in [-0.15, -0.1) is 0 Å². The lowest BCUT2D eigenvalue weighted by Gasteiger charge is -2.09. The van der Waals surface area contributed by atoms with Crippen molar-refractivity contribution in [2.75, 3.05) is 79.3 Å². The van der Waals surface area contributed by atoms with Gasteiger partial charge in [-0.05, 0) is 42.8 Å². The highest BCUT2D eigenvalue weighted by Crippen LogP contribution is 2.31. The van der Waals surface area contributed by atoms with E-state index in [1.807, 2.05) is 43.7 Å². The first-order valence-corrected chi connectivity index (χ1v) is 17.6. The van der Waals surface area contributed by atoms with Gasteiger partial charge in [0.2, 0.25) is 5.88 Å². The summed E-state index contributed by atoms with van der Waals surface area (Å²) in [4.78, 5) is 8.87. The van der Waals surface area contributed by atoms with Gasteiger partial charge in [0.25, 0.3) is 10.1 Å². The second-order valence-electron chi connectivity index (χ2n) is 11.1.